The van der Waals surface area contributed by atoms with Crippen molar-refractivity contribution in [1.29, 1.82) is 0 Å². The van der Waals surface area contributed by atoms with Gasteiger partial charge >= 0.3 is 0 Å². The summed E-state index contributed by atoms with van der Waals surface area (Å²) in [5, 5.41) is 5.12. The van der Waals surface area contributed by atoms with Crippen LogP contribution in [0.2, 0.25) is 0 Å². The second-order valence-electron chi connectivity index (χ2n) is 6.84. The van der Waals surface area contributed by atoms with Crippen LogP contribution in [0.15, 0.2) is 60.7 Å². The second kappa shape index (κ2) is 9.32. The van der Waals surface area contributed by atoms with E-state index in [9.17, 15) is 4.79 Å². The van der Waals surface area contributed by atoms with E-state index < -0.39 is 6.10 Å². The molecule has 3 aromatic rings. The van der Waals surface area contributed by atoms with Crippen molar-refractivity contribution < 1.29 is 19.0 Å². The van der Waals surface area contributed by atoms with Gasteiger partial charge in [-0.2, -0.15) is 0 Å². The number of nitrogens with one attached hydrogen (secondary N) is 1. The average Bonchev–Trinajstić information content (AvgIpc) is 2.76. The van der Waals surface area contributed by atoms with E-state index in [2.05, 4.69) is 5.32 Å². The lowest BCUT2D eigenvalue weighted by Crippen LogP contribution is -2.39. The zero-order valence-electron chi connectivity index (χ0n) is 17.3. The number of carbonyl (C=O) groups is 1. The lowest BCUT2D eigenvalue weighted by atomic mass is 10.1. The van der Waals surface area contributed by atoms with Gasteiger partial charge in [0.15, 0.2) is 17.6 Å². The van der Waals surface area contributed by atoms with Gasteiger partial charge < -0.3 is 19.5 Å². The highest BCUT2D eigenvalue weighted by atomic mass is 16.5. The third-order valence-corrected chi connectivity index (χ3v) is 4.95. The third-order valence-electron chi connectivity index (χ3n) is 4.95. The number of fused-ring (bicyclic) bond motifs is 1. The van der Waals surface area contributed by atoms with Gasteiger partial charge in [0.25, 0.3) is 5.91 Å². The van der Waals surface area contributed by atoms with E-state index in [0.717, 1.165) is 16.3 Å². The molecule has 0 bridgehead atoms. The first-order valence-corrected chi connectivity index (χ1v) is 9.74. The molecule has 5 heteroatoms. The molecule has 152 valence electrons. The van der Waals surface area contributed by atoms with Crippen molar-refractivity contribution in [2.75, 3.05) is 14.2 Å². The largest absolute Gasteiger partial charge is 0.493 e. The number of rotatable bonds is 8. The van der Waals surface area contributed by atoms with Crippen LogP contribution in [0.5, 0.6) is 17.2 Å². The molecule has 2 atom stereocenters. The SMILES string of the molecule is CC[C@H](Oc1cccc2ccccc12)C(=O)N[C@H](C)c1ccc(OC)c(OC)c1. The van der Waals surface area contributed by atoms with E-state index in [1.165, 1.54) is 0 Å². The second-order valence-corrected chi connectivity index (χ2v) is 6.84. The summed E-state index contributed by atoms with van der Waals surface area (Å²) in [6.45, 7) is 3.88. The van der Waals surface area contributed by atoms with Crippen LogP contribution in [0, 0.1) is 0 Å². The summed E-state index contributed by atoms with van der Waals surface area (Å²) in [5.74, 6) is 1.84. The minimum absolute atomic E-state index is 0.150. The molecule has 0 unspecified atom stereocenters. The Bertz CT molecular complexity index is 980. The fourth-order valence-corrected chi connectivity index (χ4v) is 3.29. The van der Waals surface area contributed by atoms with Crippen molar-refractivity contribution in [2.45, 2.75) is 32.4 Å². The summed E-state index contributed by atoms with van der Waals surface area (Å²) in [4.78, 5) is 12.9. The van der Waals surface area contributed by atoms with Crippen LogP contribution in [0.1, 0.15) is 31.9 Å². The molecular weight excluding hydrogens is 366 g/mol. The molecule has 0 fully saturated rings. The number of hydrogen-bond acceptors (Lipinski definition) is 4. The van der Waals surface area contributed by atoms with Crippen molar-refractivity contribution >= 4 is 16.7 Å². The van der Waals surface area contributed by atoms with Gasteiger partial charge in [-0.15, -0.1) is 0 Å². The summed E-state index contributed by atoms with van der Waals surface area (Å²) in [6, 6.07) is 19.3. The molecule has 0 radical (unpaired) electrons. The van der Waals surface area contributed by atoms with Gasteiger partial charge in [-0.1, -0.05) is 49.4 Å². The number of methoxy groups -OCH3 is 2. The van der Waals surface area contributed by atoms with E-state index >= 15 is 0 Å². The molecule has 0 aliphatic heterocycles. The van der Waals surface area contributed by atoms with Crippen LogP contribution >= 0.6 is 0 Å². The fraction of sp³-hybridized carbons (Fsp3) is 0.292. The van der Waals surface area contributed by atoms with E-state index in [4.69, 9.17) is 14.2 Å². The standard InChI is InChI=1S/C24H27NO4/c1-5-20(29-21-12-8-10-17-9-6-7-11-19(17)21)24(26)25-16(2)18-13-14-22(27-3)23(15-18)28-4/h6-16,20H,5H2,1-4H3,(H,25,26)/t16-,20+/m1/s1. The number of carbonyl (C=O) groups excluding carboxylic acids is 1. The molecule has 0 saturated heterocycles. The molecule has 29 heavy (non-hydrogen) atoms. The molecular formula is C24H27NO4. The van der Waals surface area contributed by atoms with Crippen LogP contribution in [0.3, 0.4) is 0 Å². The average molecular weight is 393 g/mol. The smallest absolute Gasteiger partial charge is 0.261 e. The molecule has 3 rings (SSSR count). The molecule has 0 spiro atoms. The van der Waals surface area contributed by atoms with Gasteiger partial charge in [0.05, 0.1) is 20.3 Å². The minimum Gasteiger partial charge on any atom is -0.493 e. The van der Waals surface area contributed by atoms with Gasteiger partial charge in [-0.05, 0) is 42.5 Å². The van der Waals surface area contributed by atoms with Crippen molar-refractivity contribution in [3.8, 4) is 17.2 Å². The Morgan fingerprint density at radius 1 is 0.931 bits per heavy atom. The summed E-state index contributed by atoms with van der Waals surface area (Å²) in [7, 11) is 3.19. The molecule has 0 saturated carbocycles. The van der Waals surface area contributed by atoms with Crippen LogP contribution in [0.4, 0.5) is 0 Å². The van der Waals surface area contributed by atoms with Crippen molar-refractivity contribution in [3.63, 3.8) is 0 Å². The van der Waals surface area contributed by atoms with Crippen LogP contribution in [-0.4, -0.2) is 26.2 Å². The number of benzene rings is 3. The molecule has 0 aliphatic carbocycles. The molecule has 0 heterocycles. The molecule has 0 aromatic heterocycles. The molecule has 1 amide bonds. The van der Waals surface area contributed by atoms with Gasteiger partial charge in [0.1, 0.15) is 5.75 Å². The molecule has 1 N–H and O–H groups in total. The Balaban J connectivity index is 1.74. The monoisotopic (exact) mass is 393 g/mol. The van der Waals surface area contributed by atoms with Gasteiger partial charge in [0, 0.05) is 5.39 Å². The number of ether oxygens (including phenoxy) is 3. The Morgan fingerprint density at radius 3 is 2.38 bits per heavy atom. The Labute approximate surface area is 171 Å². The summed E-state index contributed by atoms with van der Waals surface area (Å²) >= 11 is 0. The highest BCUT2D eigenvalue weighted by Gasteiger charge is 2.22. The summed E-state index contributed by atoms with van der Waals surface area (Å²) in [6.07, 6.45) is -0.0170. The third kappa shape index (κ3) is 4.62. The lowest BCUT2D eigenvalue weighted by molar-refractivity contribution is -0.128. The predicted molar refractivity (Wildman–Crippen MR) is 115 cm³/mol. The highest BCUT2D eigenvalue weighted by molar-refractivity contribution is 5.89. The van der Waals surface area contributed by atoms with Gasteiger partial charge in [-0.3, -0.25) is 4.79 Å². The maximum atomic E-state index is 12.9. The van der Waals surface area contributed by atoms with Gasteiger partial charge in [-0.25, -0.2) is 0 Å². The first-order valence-electron chi connectivity index (χ1n) is 9.74. The first-order chi connectivity index (χ1) is 14.1. The molecule has 3 aromatic carbocycles. The summed E-state index contributed by atoms with van der Waals surface area (Å²) in [5.41, 5.74) is 0.927. The molecule has 5 nitrogen and oxygen atoms in total. The van der Waals surface area contributed by atoms with Crippen LogP contribution in [0.25, 0.3) is 10.8 Å². The summed E-state index contributed by atoms with van der Waals surface area (Å²) < 4.78 is 16.7. The molecule has 0 aliphatic rings. The Morgan fingerprint density at radius 2 is 1.66 bits per heavy atom. The number of hydrogen-bond donors (Lipinski definition) is 1. The fourth-order valence-electron chi connectivity index (χ4n) is 3.29. The zero-order chi connectivity index (χ0) is 20.8. The van der Waals surface area contributed by atoms with E-state index in [1.807, 2.05) is 74.5 Å². The Hall–Kier alpha value is -3.21. The topological polar surface area (TPSA) is 56.8 Å². The maximum absolute atomic E-state index is 12.9. The van der Waals surface area contributed by atoms with Crippen LogP contribution in [-0.2, 0) is 4.79 Å². The Kier molecular flexibility index (Phi) is 6.60. The quantitative estimate of drug-likeness (QED) is 0.592. The maximum Gasteiger partial charge on any atom is 0.261 e. The van der Waals surface area contributed by atoms with Crippen molar-refractivity contribution in [1.82, 2.24) is 5.32 Å². The lowest BCUT2D eigenvalue weighted by Gasteiger charge is -2.22. The number of amides is 1. The van der Waals surface area contributed by atoms with Gasteiger partial charge in [0.2, 0.25) is 0 Å². The van der Waals surface area contributed by atoms with E-state index in [-0.39, 0.29) is 11.9 Å². The van der Waals surface area contributed by atoms with Crippen molar-refractivity contribution in [3.05, 3.63) is 66.2 Å². The van der Waals surface area contributed by atoms with Crippen LogP contribution < -0.4 is 19.5 Å². The van der Waals surface area contributed by atoms with E-state index in [1.54, 1.807) is 14.2 Å². The minimum atomic E-state index is -0.580. The first kappa shape index (κ1) is 20.5. The van der Waals surface area contributed by atoms with Crippen molar-refractivity contribution in [2.24, 2.45) is 0 Å². The predicted octanol–water partition coefficient (Wildman–Crippen LogP) is 4.89. The van der Waals surface area contributed by atoms with E-state index in [0.29, 0.717) is 23.7 Å². The zero-order valence-corrected chi connectivity index (χ0v) is 17.3. The normalized spacial score (nSPS) is 12.8. The highest BCUT2D eigenvalue weighted by Crippen LogP contribution is 2.30.